The van der Waals surface area contributed by atoms with E-state index in [1.165, 1.54) is 0 Å². The summed E-state index contributed by atoms with van der Waals surface area (Å²) in [6, 6.07) is 2.17. The Kier molecular flexibility index (Phi) is 2.92. The largest absolute Gasteiger partial charge is 0.312 e. The lowest BCUT2D eigenvalue weighted by Gasteiger charge is -2.10. The van der Waals surface area contributed by atoms with E-state index in [1.807, 2.05) is 13.1 Å². The van der Waals surface area contributed by atoms with Gasteiger partial charge in [0, 0.05) is 0 Å². The molecule has 1 N–H and O–H groups in total. The van der Waals surface area contributed by atoms with Crippen molar-refractivity contribution in [3.05, 3.63) is 18.0 Å². The van der Waals surface area contributed by atoms with Gasteiger partial charge in [0.2, 0.25) is 0 Å². The molecule has 1 unspecified atom stereocenters. The number of rotatable bonds is 3. The zero-order valence-corrected chi connectivity index (χ0v) is 6.78. The zero-order valence-electron chi connectivity index (χ0n) is 6.78. The van der Waals surface area contributed by atoms with Crippen LogP contribution in [0.5, 0.6) is 0 Å². The van der Waals surface area contributed by atoms with Gasteiger partial charge in [-0.25, -0.2) is 0 Å². The third-order valence-electron chi connectivity index (χ3n) is 1.64. The van der Waals surface area contributed by atoms with Gasteiger partial charge in [0.15, 0.2) is 0 Å². The predicted octanol–water partition coefficient (Wildman–Crippen LogP) is 0.542. The Morgan fingerprint density at radius 3 is 2.91 bits per heavy atom. The third kappa shape index (κ3) is 1.94. The van der Waals surface area contributed by atoms with Crippen molar-refractivity contribution >= 4 is 0 Å². The highest BCUT2D eigenvalue weighted by molar-refractivity contribution is 5.01. The van der Waals surface area contributed by atoms with Gasteiger partial charge in [0.05, 0.1) is 17.9 Å². The number of nitrogens with one attached hydrogen (secondary N) is 1. The molecule has 0 saturated heterocycles. The SMILES string of the molecule is CCC(NC)c1ccnnn1. The minimum atomic E-state index is 0.297. The molecule has 4 heteroatoms. The van der Waals surface area contributed by atoms with Crippen LogP contribution in [-0.2, 0) is 0 Å². The van der Waals surface area contributed by atoms with Gasteiger partial charge in [0.1, 0.15) is 0 Å². The molecule has 11 heavy (non-hydrogen) atoms. The molecule has 0 aromatic carbocycles. The summed E-state index contributed by atoms with van der Waals surface area (Å²) in [7, 11) is 1.91. The van der Waals surface area contributed by atoms with Crippen LogP contribution in [0.15, 0.2) is 12.3 Å². The second-order valence-corrected chi connectivity index (χ2v) is 2.30. The van der Waals surface area contributed by atoms with Crippen LogP contribution in [-0.4, -0.2) is 22.5 Å². The Morgan fingerprint density at radius 2 is 2.45 bits per heavy atom. The zero-order chi connectivity index (χ0) is 8.10. The first-order chi connectivity index (χ1) is 5.38. The highest BCUT2D eigenvalue weighted by atomic mass is 15.3. The topological polar surface area (TPSA) is 50.7 Å². The van der Waals surface area contributed by atoms with Crippen LogP contribution in [0.1, 0.15) is 25.1 Å². The van der Waals surface area contributed by atoms with Gasteiger partial charge in [-0.2, -0.15) is 0 Å². The van der Waals surface area contributed by atoms with E-state index in [4.69, 9.17) is 0 Å². The van der Waals surface area contributed by atoms with Crippen molar-refractivity contribution in [3.63, 3.8) is 0 Å². The molecule has 0 bridgehead atoms. The summed E-state index contributed by atoms with van der Waals surface area (Å²) >= 11 is 0. The summed E-state index contributed by atoms with van der Waals surface area (Å²) < 4.78 is 0. The Morgan fingerprint density at radius 1 is 1.64 bits per heavy atom. The summed E-state index contributed by atoms with van der Waals surface area (Å²) in [5.74, 6) is 0. The maximum Gasteiger partial charge on any atom is 0.0833 e. The number of aromatic nitrogens is 3. The molecule has 0 fully saturated rings. The van der Waals surface area contributed by atoms with Gasteiger partial charge < -0.3 is 5.32 Å². The lowest BCUT2D eigenvalue weighted by atomic mass is 10.1. The lowest BCUT2D eigenvalue weighted by molar-refractivity contribution is 0.548. The van der Waals surface area contributed by atoms with Gasteiger partial charge in [-0.3, -0.25) is 0 Å². The first-order valence-corrected chi connectivity index (χ1v) is 3.70. The van der Waals surface area contributed by atoms with E-state index >= 15 is 0 Å². The lowest BCUT2D eigenvalue weighted by Crippen LogP contribution is -2.17. The fourth-order valence-electron chi connectivity index (χ4n) is 0.997. The van der Waals surface area contributed by atoms with Gasteiger partial charge in [-0.15, -0.1) is 10.2 Å². The van der Waals surface area contributed by atoms with Crippen LogP contribution in [0.4, 0.5) is 0 Å². The van der Waals surface area contributed by atoms with E-state index in [1.54, 1.807) is 6.20 Å². The molecule has 1 atom stereocenters. The van der Waals surface area contributed by atoms with Crippen LogP contribution in [0.3, 0.4) is 0 Å². The quantitative estimate of drug-likeness (QED) is 0.687. The van der Waals surface area contributed by atoms with E-state index in [0.29, 0.717) is 6.04 Å². The average Bonchev–Trinajstić information content (AvgIpc) is 2.09. The van der Waals surface area contributed by atoms with Crippen LogP contribution < -0.4 is 5.32 Å². The number of hydrogen-bond acceptors (Lipinski definition) is 4. The summed E-state index contributed by atoms with van der Waals surface area (Å²) in [4.78, 5) is 0. The van der Waals surface area contributed by atoms with Crippen LogP contribution in [0.25, 0.3) is 0 Å². The minimum absolute atomic E-state index is 0.297. The number of nitrogens with zero attached hydrogens (tertiary/aromatic N) is 3. The molecule has 0 saturated carbocycles. The molecule has 0 amide bonds. The van der Waals surface area contributed by atoms with Crippen molar-refractivity contribution < 1.29 is 0 Å². The van der Waals surface area contributed by atoms with Crippen molar-refractivity contribution in [2.24, 2.45) is 0 Å². The van der Waals surface area contributed by atoms with Gasteiger partial charge in [-0.1, -0.05) is 6.92 Å². The fraction of sp³-hybridized carbons (Fsp3) is 0.571. The molecular weight excluding hydrogens is 140 g/mol. The molecule has 1 aromatic rings. The molecule has 0 aliphatic carbocycles. The van der Waals surface area contributed by atoms with Crippen LogP contribution in [0, 0.1) is 0 Å². The molecule has 60 valence electrons. The molecule has 0 aliphatic rings. The van der Waals surface area contributed by atoms with Crippen molar-refractivity contribution in [1.82, 2.24) is 20.7 Å². The maximum atomic E-state index is 3.90. The summed E-state index contributed by atoms with van der Waals surface area (Å²) in [6.45, 7) is 2.10. The standard InChI is InChI=1S/C7H12N4/c1-3-6(8-2)7-4-5-9-11-10-7/h4-6,8H,3H2,1-2H3. The van der Waals surface area contributed by atoms with Gasteiger partial charge in [-0.05, 0) is 24.7 Å². The summed E-state index contributed by atoms with van der Waals surface area (Å²) in [6.07, 6.45) is 2.66. The highest BCUT2D eigenvalue weighted by Gasteiger charge is 2.06. The summed E-state index contributed by atoms with van der Waals surface area (Å²) in [5, 5.41) is 14.2. The minimum Gasteiger partial charge on any atom is -0.312 e. The van der Waals surface area contributed by atoms with Crippen molar-refractivity contribution in [1.29, 1.82) is 0 Å². The molecule has 1 rings (SSSR count). The first-order valence-electron chi connectivity index (χ1n) is 3.70. The Bertz CT molecular complexity index is 195. The Hall–Kier alpha value is -1.03. The van der Waals surface area contributed by atoms with E-state index in [2.05, 4.69) is 27.7 Å². The Balaban J connectivity index is 2.74. The molecule has 0 aliphatic heterocycles. The molecular formula is C7H12N4. The van der Waals surface area contributed by atoms with E-state index < -0.39 is 0 Å². The molecule has 0 radical (unpaired) electrons. The van der Waals surface area contributed by atoms with Crippen LogP contribution >= 0.6 is 0 Å². The molecule has 0 spiro atoms. The van der Waals surface area contributed by atoms with Crippen molar-refractivity contribution in [3.8, 4) is 0 Å². The highest BCUT2D eigenvalue weighted by Crippen LogP contribution is 2.10. The van der Waals surface area contributed by atoms with Crippen molar-refractivity contribution in [2.45, 2.75) is 19.4 Å². The smallest absolute Gasteiger partial charge is 0.0833 e. The van der Waals surface area contributed by atoms with Crippen LogP contribution in [0.2, 0.25) is 0 Å². The fourth-order valence-corrected chi connectivity index (χ4v) is 0.997. The van der Waals surface area contributed by atoms with E-state index in [0.717, 1.165) is 12.1 Å². The monoisotopic (exact) mass is 152 g/mol. The molecule has 1 aromatic heterocycles. The number of hydrogen-bond donors (Lipinski definition) is 1. The van der Waals surface area contributed by atoms with E-state index in [9.17, 15) is 0 Å². The summed E-state index contributed by atoms with van der Waals surface area (Å²) in [5.41, 5.74) is 0.949. The Labute approximate surface area is 66.0 Å². The second kappa shape index (κ2) is 3.98. The average molecular weight is 152 g/mol. The third-order valence-corrected chi connectivity index (χ3v) is 1.64. The van der Waals surface area contributed by atoms with Crippen molar-refractivity contribution in [2.75, 3.05) is 7.05 Å². The first kappa shape index (κ1) is 8.07. The normalized spacial score (nSPS) is 12.9. The predicted molar refractivity (Wildman–Crippen MR) is 41.9 cm³/mol. The molecule has 1 heterocycles. The van der Waals surface area contributed by atoms with Gasteiger partial charge >= 0.3 is 0 Å². The maximum absolute atomic E-state index is 3.90. The second-order valence-electron chi connectivity index (χ2n) is 2.30. The molecule has 4 nitrogen and oxygen atoms in total. The van der Waals surface area contributed by atoms with E-state index in [-0.39, 0.29) is 0 Å². The van der Waals surface area contributed by atoms with Gasteiger partial charge in [0.25, 0.3) is 0 Å².